The van der Waals surface area contributed by atoms with Gasteiger partial charge in [0.15, 0.2) is 0 Å². The minimum Gasteiger partial charge on any atom is -0.481 e. The van der Waals surface area contributed by atoms with E-state index in [1.807, 2.05) is 0 Å². The van der Waals surface area contributed by atoms with Crippen LogP contribution in [0.3, 0.4) is 0 Å². The zero-order valence-electron chi connectivity index (χ0n) is 39.6. The van der Waals surface area contributed by atoms with E-state index in [-0.39, 0.29) is 19.4 Å². The quantitative estimate of drug-likeness (QED) is 0.0406. The summed E-state index contributed by atoms with van der Waals surface area (Å²) >= 11 is 0. The number of likely N-dealkylation sites (tertiary alicyclic amines) is 1. The second kappa shape index (κ2) is 33.1. The van der Waals surface area contributed by atoms with Gasteiger partial charge in [0.25, 0.3) is 5.97 Å². The zero-order valence-corrected chi connectivity index (χ0v) is 39.6. The van der Waals surface area contributed by atoms with Crippen LogP contribution in [0.15, 0.2) is 0 Å². The molecular formula is C41H72N12O15. The van der Waals surface area contributed by atoms with Crippen LogP contribution in [-0.4, -0.2) is 191 Å². The van der Waals surface area contributed by atoms with E-state index in [2.05, 4.69) is 49.5 Å². The molecule has 2 heterocycles. The monoisotopic (exact) mass is 973 g/mol. The molecule has 0 bridgehead atoms. The van der Waals surface area contributed by atoms with E-state index in [1.54, 1.807) is 13.8 Å². The average molecular weight is 973 g/mol. The molecule has 386 valence electrons. The number of hydrogen-bond donors (Lipinski definition) is 13. The third-order valence-corrected chi connectivity index (χ3v) is 9.95. The molecule has 0 aromatic rings. The molecule has 27 heteroatoms. The first-order chi connectivity index (χ1) is 31.9. The number of aliphatic carboxylic acids is 2. The Bertz CT molecular complexity index is 1740. The van der Waals surface area contributed by atoms with Gasteiger partial charge in [-0.1, -0.05) is 13.3 Å². The smallest absolute Gasteiger partial charge is 0.322 e. The number of carbonyl (C=O) groups is 12. The molecule has 0 aliphatic carbocycles. The van der Waals surface area contributed by atoms with E-state index < -0.39 is 146 Å². The summed E-state index contributed by atoms with van der Waals surface area (Å²) in [4.78, 5) is 149. The van der Waals surface area contributed by atoms with Crippen molar-refractivity contribution in [2.45, 2.75) is 135 Å². The molecule has 15 N–H and O–H groups in total. The summed E-state index contributed by atoms with van der Waals surface area (Å²) in [6, 6.07) is -6.03. The van der Waals surface area contributed by atoms with Crippen molar-refractivity contribution in [3.8, 4) is 0 Å². The highest BCUT2D eigenvalue weighted by Crippen LogP contribution is 2.17. The van der Waals surface area contributed by atoms with Crippen LogP contribution in [0, 0.1) is 0 Å². The maximum absolute atomic E-state index is 13.3. The van der Waals surface area contributed by atoms with Crippen molar-refractivity contribution in [3.05, 3.63) is 0 Å². The van der Waals surface area contributed by atoms with Crippen molar-refractivity contribution in [2.75, 3.05) is 52.4 Å². The predicted molar refractivity (Wildman–Crippen MR) is 241 cm³/mol. The zero-order chi connectivity index (χ0) is 52.1. The largest absolute Gasteiger partial charge is 0.481 e. The van der Waals surface area contributed by atoms with Gasteiger partial charge in [0.2, 0.25) is 59.1 Å². The summed E-state index contributed by atoms with van der Waals surface area (Å²) < 4.78 is 0. The van der Waals surface area contributed by atoms with Gasteiger partial charge in [0, 0.05) is 25.9 Å². The first-order valence-electron chi connectivity index (χ1n) is 22.3. The highest BCUT2D eigenvalue weighted by atomic mass is 16.4. The van der Waals surface area contributed by atoms with Crippen LogP contribution in [0.2, 0.25) is 0 Å². The maximum Gasteiger partial charge on any atom is 0.322 e. The summed E-state index contributed by atoms with van der Waals surface area (Å²) in [6.45, 7) is 7.70. The minimum absolute atomic E-state index is 0.217. The molecule has 2 rings (SSSR count). The number of aliphatic hydroxyl groups is 1. The van der Waals surface area contributed by atoms with Crippen molar-refractivity contribution in [3.63, 3.8) is 0 Å². The van der Waals surface area contributed by atoms with Crippen LogP contribution in [0.5, 0.6) is 0 Å². The molecule has 0 saturated carbocycles. The average Bonchev–Trinajstić information content (AvgIpc) is 3.99. The maximum atomic E-state index is 13.3. The lowest BCUT2D eigenvalue weighted by Gasteiger charge is -2.32. The van der Waals surface area contributed by atoms with Crippen molar-refractivity contribution in [1.29, 1.82) is 0 Å². The lowest BCUT2D eigenvalue weighted by atomic mass is 10.1. The molecule has 0 radical (unpaired) electrons. The topological polar surface area (TPSA) is 420 Å². The summed E-state index contributed by atoms with van der Waals surface area (Å²) in [5.41, 5.74) is 10.3. The number of nitrogens with two attached hydrogens (primary N) is 2. The second-order valence-corrected chi connectivity index (χ2v) is 16.0. The lowest BCUT2D eigenvalue weighted by molar-refractivity contribution is -0.143. The van der Waals surface area contributed by atoms with Gasteiger partial charge in [-0.05, 0) is 79.3 Å². The van der Waals surface area contributed by atoms with Crippen LogP contribution in [-0.2, 0) is 57.5 Å². The highest BCUT2D eigenvalue weighted by molar-refractivity contribution is 5.96. The van der Waals surface area contributed by atoms with Gasteiger partial charge in [0.05, 0.1) is 38.3 Å². The molecule has 27 nitrogen and oxygen atoms in total. The Balaban J connectivity index is 0.00000454. The fraction of sp³-hybridized carbons (Fsp3) is 0.707. The molecule has 0 aromatic carbocycles. The third kappa shape index (κ3) is 24.9. The van der Waals surface area contributed by atoms with Crippen molar-refractivity contribution in [1.82, 2.24) is 52.3 Å². The van der Waals surface area contributed by atoms with E-state index >= 15 is 0 Å². The summed E-state index contributed by atoms with van der Waals surface area (Å²) in [6.07, 6.45) is 2.55. The fourth-order valence-electron chi connectivity index (χ4n) is 6.60. The Morgan fingerprint density at radius 2 is 1.32 bits per heavy atom. The van der Waals surface area contributed by atoms with Gasteiger partial charge in [-0.2, -0.15) is 0 Å². The second-order valence-electron chi connectivity index (χ2n) is 16.0. The molecule has 2 saturated heterocycles. The van der Waals surface area contributed by atoms with Gasteiger partial charge in [0.1, 0.15) is 30.7 Å². The standard InChI is InChI=1S/C35H57N11O13.C4H11N.C2H4O2/c1-18(2)46(19(3)31(55)40-15-27(51)45-12-6-8-23(45)34(58)42-17-29(53)54)28(52)16-41-35(59)30(20(4)47)44-26(50)14-39-33(57)22(9-10-24(36)48)43-25(49)13-38-32(56)21-7-5-11-37-21;1-2-3-4-5;1-2(3)4/h18-23,30,37,47H,5-17H2,1-4H3,(H2,36,48)(H,38,56)(H,39,57)(H,40,55)(H,41,59)(H,42,58)(H,43,49)(H,44,50)(H,53,54);2-5H2,1H3;1H3,(H,3,4). The van der Waals surface area contributed by atoms with Crippen LogP contribution < -0.4 is 54.0 Å². The molecule has 68 heavy (non-hydrogen) atoms. The summed E-state index contributed by atoms with van der Waals surface area (Å²) in [7, 11) is 0. The molecule has 0 aromatic heterocycles. The lowest BCUT2D eigenvalue weighted by Crippen LogP contribution is -2.58. The third-order valence-electron chi connectivity index (χ3n) is 9.95. The number of carboxylic acids is 2. The summed E-state index contributed by atoms with van der Waals surface area (Å²) in [5.74, 6) is -9.52. The number of carboxylic acid groups (broad SMARTS) is 2. The predicted octanol–water partition coefficient (Wildman–Crippen LogP) is -5.53. The van der Waals surface area contributed by atoms with Crippen molar-refractivity contribution < 1.29 is 72.9 Å². The Morgan fingerprint density at radius 3 is 1.84 bits per heavy atom. The van der Waals surface area contributed by atoms with Crippen LogP contribution in [0.1, 0.15) is 92.9 Å². The van der Waals surface area contributed by atoms with Crippen molar-refractivity contribution in [2.24, 2.45) is 11.5 Å². The number of primary amides is 1. The van der Waals surface area contributed by atoms with Gasteiger partial charge >= 0.3 is 5.97 Å². The Hall–Kier alpha value is -6.48. The normalized spacial score (nSPS) is 16.6. The number of nitrogens with zero attached hydrogens (tertiary/aromatic N) is 2. The van der Waals surface area contributed by atoms with E-state index in [9.17, 15) is 57.8 Å². The number of unbranched alkanes of at least 4 members (excludes halogenated alkanes) is 1. The van der Waals surface area contributed by atoms with Crippen LogP contribution in [0.4, 0.5) is 0 Å². The summed E-state index contributed by atoms with van der Waals surface area (Å²) in [5, 5.41) is 45.8. The SMILES string of the molecule is CC(=O)O.CC(O)C(NC(=O)CNC(=O)C(CCC(N)=O)NC(=O)CNC(=O)C1CCCN1)C(=O)NCC(=O)N(C(C)C)C(C)C(=O)NCC(=O)N1CCCC1C(=O)NCC(=O)O.CCCCN. The number of rotatable bonds is 25. The molecule has 6 atom stereocenters. The molecule has 2 aliphatic rings. The Kier molecular flexibility index (Phi) is 29.9. The number of nitrogens with one attached hydrogen (secondary N) is 8. The van der Waals surface area contributed by atoms with E-state index in [0.29, 0.717) is 25.8 Å². The van der Waals surface area contributed by atoms with Gasteiger partial charge in [-0.3, -0.25) is 57.5 Å². The first-order valence-corrected chi connectivity index (χ1v) is 22.3. The molecule has 0 spiro atoms. The van der Waals surface area contributed by atoms with Gasteiger partial charge < -0.3 is 79.1 Å². The number of hydrogen-bond acceptors (Lipinski definition) is 15. The van der Waals surface area contributed by atoms with E-state index in [4.69, 9.17) is 26.5 Å². The number of carbonyl (C=O) groups excluding carboxylic acids is 10. The molecule has 2 aliphatic heterocycles. The van der Waals surface area contributed by atoms with Crippen LogP contribution >= 0.6 is 0 Å². The fourth-order valence-corrected chi connectivity index (χ4v) is 6.60. The minimum atomic E-state index is -1.62. The molecule has 2 fully saturated rings. The number of amides is 10. The molecular weight excluding hydrogens is 901 g/mol. The van der Waals surface area contributed by atoms with Gasteiger partial charge in [-0.25, -0.2) is 0 Å². The highest BCUT2D eigenvalue weighted by Gasteiger charge is 2.36. The first kappa shape index (κ1) is 61.5. The van der Waals surface area contributed by atoms with E-state index in [1.165, 1.54) is 31.6 Å². The number of aliphatic hydroxyl groups excluding tert-OH is 1. The van der Waals surface area contributed by atoms with Crippen LogP contribution in [0.25, 0.3) is 0 Å². The van der Waals surface area contributed by atoms with Crippen molar-refractivity contribution >= 4 is 71.0 Å². The van der Waals surface area contributed by atoms with E-state index in [0.717, 1.165) is 24.8 Å². The van der Waals surface area contributed by atoms with Gasteiger partial charge in [-0.15, -0.1) is 0 Å². The molecule has 10 amide bonds. The Labute approximate surface area is 394 Å². The molecule has 6 unspecified atom stereocenters. The Morgan fingerprint density at radius 1 is 0.750 bits per heavy atom.